The number of hydrogen-bond donors (Lipinski definition) is 1. The molecule has 0 saturated carbocycles. The van der Waals surface area contributed by atoms with Crippen LogP contribution in [-0.4, -0.2) is 12.7 Å². The van der Waals surface area contributed by atoms with Crippen molar-refractivity contribution in [2.24, 2.45) is 0 Å². The smallest absolute Gasteiger partial charge is 0.145 e. The summed E-state index contributed by atoms with van der Waals surface area (Å²) in [6.45, 7) is 4.01. The van der Waals surface area contributed by atoms with Crippen LogP contribution in [0.15, 0.2) is 10.5 Å². The highest BCUT2D eigenvalue weighted by Crippen LogP contribution is 2.49. The Kier molecular flexibility index (Phi) is 4.14. The second kappa shape index (κ2) is 5.17. The van der Waals surface area contributed by atoms with E-state index in [2.05, 4.69) is 21.4 Å². The highest BCUT2D eigenvalue weighted by molar-refractivity contribution is 9.10. The Morgan fingerprint density at radius 3 is 2.78 bits per heavy atom. The topological polar surface area (TPSA) is 30.5 Å². The van der Waals surface area contributed by atoms with Crippen LogP contribution < -0.4 is 10.2 Å². The lowest BCUT2D eigenvalue weighted by molar-refractivity contribution is 0.00306. The maximum atomic E-state index is 6.33. The fourth-order valence-electron chi connectivity index (χ4n) is 2.17. The molecule has 1 aliphatic heterocycles. The van der Waals surface area contributed by atoms with Crippen molar-refractivity contribution in [3.8, 4) is 5.75 Å². The van der Waals surface area contributed by atoms with E-state index in [0.29, 0.717) is 15.8 Å². The normalized spacial score (nSPS) is 21.3. The highest BCUT2D eigenvalue weighted by Gasteiger charge is 2.37. The van der Waals surface area contributed by atoms with Crippen LogP contribution in [0.2, 0.25) is 10.0 Å². The zero-order valence-corrected chi connectivity index (χ0v) is 13.4. The van der Waals surface area contributed by atoms with Gasteiger partial charge in [-0.2, -0.15) is 5.48 Å². The standard InChI is InChI=1S/C12H14BrCl2NO2/c1-12(2)5-8(16-17-3)9-10(15)6(13)4-7(14)11(9)18-12/h4,8,16H,5H2,1-3H3. The third-order valence-electron chi connectivity index (χ3n) is 2.84. The van der Waals surface area contributed by atoms with Gasteiger partial charge in [0.25, 0.3) is 0 Å². The second-order valence-electron chi connectivity index (χ2n) is 4.84. The number of fused-ring (bicyclic) bond motifs is 1. The molecule has 0 aromatic heterocycles. The molecular formula is C12H14BrCl2NO2. The second-order valence-corrected chi connectivity index (χ2v) is 6.48. The number of benzene rings is 1. The molecule has 1 N–H and O–H groups in total. The molecule has 2 rings (SSSR count). The van der Waals surface area contributed by atoms with Crippen molar-refractivity contribution >= 4 is 39.1 Å². The highest BCUT2D eigenvalue weighted by atomic mass is 79.9. The van der Waals surface area contributed by atoms with Crippen LogP contribution in [0.5, 0.6) is 5.75 Å². The minimum Gasteiger partial charge on any atom is -0.486 e. The quantitative estimate of drug-likeness (QED) is 0.626. The van der Waals surface area contributed by atoms with Crippen LogP contribution >= 0.6 is 39.1 Å². The van der Waals surface area contributed by atoms with E-state index in [1.807, 2.05) is 13.8 Å². The van der Waals surface area contributed by atoms with Gasteiger partial charge in [-0.3, -0.25) is 0 Å². The van der Waals surface area contributed by atoms with Gasteiger partial charge in [0.15, 0.2) is 0 Å². The van der Waals surface area contributed by atoms with Gasteiger partial charge in [0.1, 0.15) is 11.4 Å². The third-order valence-corrected chi connectivity index (χ3v) is 4.39. The van der Waals surface area contributed by atoms with Crippen molar-refractivity contribution in [3.05, 3.63) is 26.1 Å². The van der Waals surface area contributed by atoms with Gasteiger partial charge in [-0.25, -0.2) is 0 Å². The van der Waals surface area contributed by atoms with Crippen LogP contribution in [0.3, 0.4) is 0 Å². The van der Waals surface area contributed by atoms with Crippen LogP contribution in [0.1, 0.15) is 31.9 Å². The van der Waals surface area contributed by atoms with E-state index in [-0.39, 0.29) is 11.6 Å². The van der Waals surface area contributed by atoms with Gasteiger partial charge < -0.3 is 9.57 Å². The molecule has 0 fully saturated rings. The fourth-order valence-corrected chi connectivity index (χ4v) is 3.26. The molecule has 100 valence electrons. The number of ether oxygens (including phenoxy) is 1. The Labute approximate surface area is 125 Å². The van der Waals surface area contributed by atoms with E-state index in [0.717, 1.165) is 16.5 Å². The average molecular weight is 355 g/mol. The number of halogens is 3. The summed E-state index contributed by atoms with van der Waals surface area (Å²) in [5, 5.41) is 1.14. The summed E-state index contributed by atoms with van der Waals surface area (Å²) in [6, 6.07) is 1.69. The molecular weight excluding hydrogens is 341 g/mol. The van der Waals surface area contributed by atoms with Gasteiger partial charge in [0, 0.05) is 16.5 Å². The first-order valence-corrected chi connectivity index (χ1v) is 7.05. The lowest BCUT2D eigenvalue weighted by atomic mass is 9.90. The zero-order valence-electron chi connectivity index (χ0n) is 10.3. The van der Waals surface area contributed by atoms with E-state index in [1.54, 1.807) is 13.2 Å². The van der Waals surface area contributed by atoms with Crippen LogP contribution in [-0.2, 0) is 4.84 Å². The minimum atomic E-state index is -0.329. The molecule has 0 radical (unpaired) electrons. The third kappa shape index (κ3) is 2.63. The molecule has 1 atom stereocenters. The Hall–Kier alpha value is -0.0000000000000000555. The maximum Gasteiger partial charge on any atom is 0.145 e. The summed E-state index contributed by atoms with van der Waals surface area (Å²) in [4.78, 5) is 5.04. The van der Waals surface area contributed by atoms with E-state index in [4.69, 9.17) is 32.8 Å². The van der Waals surface area contributed by atoms with Gasteiger partial charge in [-0.15, -0.1) is 0 Å². The molecule has 0 aliphatic carbocycles. The van der Waals surface area contributed by atoms with Crippen molar-refractivity contribution in [1.82, 2.24) is 5.48 Å². The minimum absolute atomic E-state index is 0.0590. The number of hydroxylamine groups is 1. The summed E-state index contributed by atoms with van der Waals surface area (Å²) in [5.74, 6) is 0.621. The first-order valence-electron chi connectivity index (χ1n) is 5.50. The van der Waals surface area contributed by atoms with Crippen molar-refractivity contribution in [3.63, 3.8) is 0 Å². The van der Waals surface area contributed by atoms with E-state index >= 15 is 0 Å². The van der Waals surface area contributed by atoms with Crippen LogP contribution in [0, 0.1) is 0 Å². The number of nitrogens with one attached hydrogen (secondary N) is 1. The van der Waals surface area contributed by atoms with Gasteiger partial charge >= 0.3 is 0 Å². The Morgan fingerprint density at radius 2 is 2.17 bits per heavy atom. The average Bonchev–Trinajstić information content (AvgIpc) is 2.25. The Morgan fingerprint density at radius 1 is 1.50 bits per heavy atom. The van der Waals surface area contributed by atoms with Crippen LogP contribution in [0.4, 0.5) is 0 Å². The SMILES string of the molecule is CONC1CC(C)(C)Oc2c(Cl)cc(Br)c(Cl)c21. The molecule has 6 heteroatoms. The lowest BCUT2D eigenvalue weighted by Gasteiger charge is -2.38. The molecule has 0 bridgehead atoms. The number of rotatable bonds is 2. The first-order chi connectivity index (χ1) is 8.35. The molecule has 1 heterocycles. The Balaban J connectivity index is 2.59. The molecule has 1 aromatic carbocycles. The molecule has 3 nitrogen and oxygen atoms in total. The molecule has 0 spiro atoms. The van der Waals surface area contributed by atoms with E-state index in [9.17, 15) is 0 Å². The van der Waals surface area contributed by atoms with E-state index < -0.39 is 0 Å². The van der Waals surface area contributed by atoms with Crippen molar-refractivity contribution in [2.45, 2.75) is 31.9 Å². The predicted octanol–water partition coefficient (Wildman–Crippen LogP) is 4.51. The number of hydrogen-bond acceptors (Lipinski definition) is 3. The van der Waals surface area contributed by atoms with Crippen molar-refractivity contribution in [1.29, 1.82) is 0 Å². The fraction of sp³-hybridized carbons (Fsp3) is 0.500. The molecule has 18 heavy (non-hydrogen) atoms. The summed E-state index contributed by atoms with van der Waals surface area (Å²) < 4.78 is 6.68. The van der Waals surface area contributed by atoms with Gasteiger partial charge in [0.2, 0.25) is 0 Å². The molecule has 1 unspecified atom stereocenters. The molecule has 0 amide bonds. The van der Waals surface area contributed by atoms with Gasteiger partial charge in [-0.1, -0.05) is 23.2 Å². The Bertz CT molecular complexity index is 480. The largest absolute Gasteiger partial charge is 0.486 e. The first kappa shape index (κ1) is 14.4. The molecule has 0 saturated heterocycles. The monoisotopic (exact) mass is 353 g/mol. The van der Waals surface area contributed by atoms with Crippen molar-refractivity contribution < 1.29 is 9.57 Å². The summed E-state index contributed by atoms with van der Waals surface area (Å²) in [5.41, 5.74) is 3.45. The maximum absolute atomic E-state index is 6.33. The zero-order chi connectivity index (χ0) is 13.5. The van der Waals surface area contributed by atoms with Crippen LogP contribution in [0.25, 0.3) is 0 Å². The van der Waals surface area contributed by atoms with Crippen molar-refractivity contribution in [2.75, 3.05) is 7.11 Å². The lowest BCUT2D eigenvalue weighted by Crippen LogP contribution is -2.39. The predicted molar refractivity (Wildman–Crippen MR) is 76.4 cm³/mol. The summed E-state index contributed by atoms with van der Waals surface area (Å²) in [7, 11) is 1.58. The van der Waals surface area contributed by atoms with E-state index in [1.165, 1.54) is 0 Å². The molecule has 1 aromatic rings. The molecule has 1 aliphatic rings. The van der Waals surface area contributed by atoms with Gasteiger partial charge in [-0.05, 0) is 35.8 Å². The van der Waals surface area contributed by atoms with Gasteiger partial charge in [0.05, 0.1) is 23.2 Å². The summed E-state index contributed by atoms with van der Waals surface area (Å²) >= 11 is 15.9. The summed E-state index contributed by atoms with van der Waals surface area (Å²) in [6.07, 6.45) is 0.736.